The second-order valence-corrected chi connectivity index (χ2v) is 6.55. The molecular weight excluding hydrogens is 361 g/mol. The van der Waals surface area contributed by atoms with Gasteiger partial charge in [-0.3, -0.25) is 4.79 Å². The van der Waals surface area contributed by atoms with Gasteiger partial charge in [-0.25, -0.2) is 4.39 Å². The lowest BCUT2D eigenvalue weighted by Gasteiger charge is -2.17. The topological polar surface area (TPSA) is 78.8 Å². The predicted molar refractivity (Wildman–Crippen MR) is 104 cm³/mol. The molecule has 0 bridgehead atoms. The molecule has 3 N–H and O–H groups in total. The van der Waals surface area contributed by atoms with E-state index in [2.05, 4.69) is 5.32 Å². The van der Waals surface area contributed by atoms with Crippen LogP contribution in [-0.4, -0.2) is 22.7 Å². The van der Waals surface area contributed by atoms with Crippen LogP contribution in [0, 0.1) is 5.82 Å². The van der Waals surface area contributed by atoms with Gasteiger partial charge in [0.25, 0.3) is 5.91 Å². The average molecular weight is 383 g/mol. The van der Waals surface area contributed by atoms with Gasteiger partial charge < -0.3 is 20.3 Å². The molecule has 3 aromatic carbocycles. The summed E-state index contributed by atoms with van der Waals surface area (Å²) in [7, 11) is 0. The summed E-state index contributed by atoms with van der Waals surface area (Å²) in [5.74, 6) is -0.826. The first-order chi connectivity index (χ1) is 13.5. The van der Waals surface area contributed by atoms with E-state index in [1.807, 2.05) is 49.4 Å². The van der Waals surface area contributed by atoms with Gasteiger partial charge in [0.2, 0.25) is 0 Å². The third kappa shape index (κ3) is 4.47. The van der Waals surface area contributed by atoms with Crippen LogP contribution in [-0.2, 0) is 18.0 Å². The maximum atomic E-state index is 13.5. The van der Waals surface area contributed by atoms with Gasteiger partial charge in [-0.15, -0.1) is 0 Å². The van der Waals surface area contributed by atoms with Crippen molar-refractivity contribution in [2.24, 2.45) is 0 Å². The molecule has 28 heavy (non-hydrogen) atoms. The summed E-state index contributed by atoms with van der Waals surface area (Å²) in [5.41, 5.74) is 1.32. The van der Waals surface area contributed by atoms with Gasteiger partial charge >= 0.3 is 0 Å². The number of carbonyl (C=O) groups excluding carboxylic acids is 1. The first kappa shape index (κ1) is 19.8. The molecule has 1 atom stereocenters. The number of benzene rings is 3. The van der Waals surface area contributed by atoms with Gasteiger partial charge in [-0.1, -0.05) is 36.4 Å². The van der Waals surface area contributed by atoms with Crippen LogP contribution in [0.5, 0.6) is 5.75 Å². The zero-order valence-electron chi connectivity index (χ0n) is 15.5. The first-order valence-electron chi connectivity index (χ1n) is 8.95. The van der Waals surface area contributed by atoms with Crippen molar-refractivity contribution in [1.82, 2.24) is 5.32 Å². The number of amides is 1. The molecule has 0 aliphatic heterocycles. The lowest BCUT2D eigenvalue weighted by molar-refractivity contribution is -0.123. The van der Waals surface area contributed by atoms with Crippen LogP contribution in [0.2, 0.25) is 0 Å². The molecule has 5 nitrogen and oxygen atoms in total. The number of nitrogens with one attached hydrogen (secondary N) is 1. The van der Waals surface area contributed by atoms with Crippen molar-refractivity contribution in [3.63, 3.8) is 0 Å². The second-order valence-electron chi connectivity index (χ2n) is 6.55. The van der Waals surface area contributed by atoms with Crippen LogP contribution in [0.4, 0.5) is 4.39 Å². The smallest absolute Gasteiger partial charge is 0.258 e. The minimum absolute atomic E-state index is 0.125. The van der Waals surface area contributed by atoms with E-state index in [4.69, 9.17) is 4.74 Å². The number of carbonyl (C=O) groups is 1. The Morgan fingerprint density at radius 1 is 1.04 bits per heavy atom. The highest BCUT2D eigenvalue weighted by molar-refractivity contribution is 5.83. The van der Waals surface area contributed by atoms with Crippen LogP contribution in [0.15, 0.2) is 54.6 Å². The van der Waals surface area contributed by atoms with Crippen molar-refractivity contribution in [3.8, 4) is 5.75 Å². The second kappa shape index (κ2) is 8.82. The molecule has 0 radical (unpaired) electrons. The number of halogens is 1. The highest BCUT2D eigenvalue weighted by Crippen LogP contribution is 2.26. The van der Waals surface area contributed by atoms with E-state index >= 15 is 0 Å². The molecule has 0 heterocycles. The predicted octanol–water partition coefficient (Wildman–Crippen LogP) is 3.22. The fraction of sp³-hybridized carbons (Fsp3) is 0.227. The Hall–Kier alpha value is -2.96. The summed E-state index contributed by atoms with van der Waals surface area (Å²) >= 11 is 0. The number of aliphatic hydroxyl groups excluding tert-OH is 2. The van der Waals surface area contributed by atoms with Crippen molar-refractivity contribution >= 4 is 16.7 Å². The molecule has 0 aliphatic carbocycles. The van der Waals surface area contributed by atoms with Crippen LogP contribution in [0.3, 0.4) is 0 Å². The highest BCUT2D eigenvalue weighted by atomic mass is 19.1. The molecule has 0 aliphatic rings. The lowest BCUT2D eigenvalue weighted by atomic mass is 10.0. The van der Waals surface area contributed by atoms with E-state index in [-0.39, 0.29) is 35.4 Å². The van der Waals surface area contributed by atoms with Crippen molar-refractivity contribution in [3.05, 3.63) is 77.1 Å². The van der Waals surface area contributed by atoms with Gasteiger partial charge in [-0.2, -0.15) is 0 Å². The maximum Gasteiger partial charge on any atom is 0.258 e. The third-order valence-electron chi connectivity index (χ3n) is 4.55. The number of hydrogen-bond donors (Lipinski definition) is 3. The molecule has 6 heteroatoms. The van der Waals surface area contributed by atoms with E-state index in [1.165, 1.54) is 0 Å². The Labute approximate surface area is 162 Å². The van der Waals surface area contributed by atoms with Crippen LogP contribution < -0.4 is 10.1 Å². The quantitative estimate of drug-likeness (QED) is 0.585. The van der Waals surface area contributed by atoms with Gasteiger partial charge in [0.05, 0.1) is 19.3 Å². The van der Waals surface area contributed by atoms with Crippen LogP contribution in [0.1, 0.15) is 29.7 Å². The van der Waals surface area contributed by atoms with E-state index in [1.54, 1.807) is 0 Å². The van der Waals surface area contributed by atoms with E-state index in [0.717, 1.165) is 28.5 Å². The number of rotatable bonds is 7. The van der Waals surface area contributed by atoms with Gasteiger partial charge in [0.1, 0.15) is 11.6 Å². The number of hydrogen-bond acceptors (Lipinski definition) is 4. The third-order valence-corrected chi connectivity index (χ3v) is 4.55. The summed E-state index contributed by atoms with van der Waals surface area (Å²) in [5, 5.41) is 23.8. The molecule has 3 aromatic rings. The van der Waals surface area contributed by atoms with Crippen molar-refractivity contribution in [2.45, 2.75) is 26.2 Å². The Bertz CT molecular complexity index is 964. The minimum atomic E-state index is -0.588. The Balaban J connectivity index is 1.67. The molecule has 0 spiro atoms. The lowest BCUT2D eigenvalue weighted by Crippen LogP contribution is -2.31. The van der Waals surface area contributed by atoms with E-state index < -0.39 is 19.0 Å². The molecular formula is C22H22FNO4. The van der Waals surface area contributed by atoms with Crippen molar-refractivity contribution < 1.29 is 24.1 Å². The van der Waals surface area contributed by atoms with Gasteiger partial charge in [-0.05, 0) is 41.5 Å². The summed E-state index contributed by atoms with van der Waals surface area (Å²) in [6.45, 7) is 0.631. The fourth-order valence-corrected chi connectivity index (χ4v) is 3.11. The van der Waals surface area contributed by atoms with E-state index in [9.17, 15) is 19.4 Å². The Morgan fingerprint density at radius 3 is 2.32 bits per heavy atom. The molecule has 1 amide bonds. The van der Waals surface area contributed by atoms with Gasteiger partial charge in [0, 0.05) is 11.1 Å². The molecule has 0 aromatic heterocycles. The number of fused-ring (bicyclic) bond motifs is 1. The normalized spacial score (nSPS) is 12.0. The zero-order chi connectivity index (χ0) is 20.1. The van der Waals surface area contributed by atoms with E-state index in [0.29, 0.717) is 0 Å². The average Bonchev–Trinajstić information content (AvgIpc) is 2.71. The number of aliphatic hydroxyl groups is 2. The summed E-state index contributed by atoms with van der Waals surface area (Å²) in [6.07, 6.45) is 0. The standard InChI is InChI=1S/C22H22FNO4/c1-14(16-7-6-15-4-2-3-5-17(15)8-16)24-21(27)13-28-22-18(11-25)9-20(23)10-19(22)12-26/h2-10,14,25-26H,11-13H2,1H3,(H,24,27)/t14-/m1/s1. The molecule has 3 rings (SSSR count). The first-order valence-corrected chi connectivity index (χ1v) is 8.95. The number of ether oxygens (including phenoxy) is 1. The van der Waals surface area contributed by atoms with Crippen molar-refractivity contribution in [2.75, 3.05) is 6.61 Å². The maximum absolute atomic E-state index is 13.5. The van der Waals surface area contributed by atoms with Crippen molar-refractivity contribution in [1.29, 1.82) is 0 Å². The molecule has 0 saturated carbocycles. The summed E-state index contributed by atoms with van der Waals surface area (Å²) < 4.78 is 19.0. The summed E-state index contributed by atoms with van der Waals surface area (Å²) in [4.78, 5) is 12.3. The molecule has 0 saturated heterocycles. The monoisotopic (exact) mass is 383 g/mol. The SMILES string of the molecule is C[C@@H](NC(=O)COc1c(CO)cc(F)cc1CO)c1ccc2ccccc2c1. The summed E-state index contributed by atoms with van der Waals surface area (Å²) in [6, 6.07) is 16.0. The zero-order valence-corrected chi connectivity index (χ0v) is 15.5. The Morgan fingerprint density at radius 2 is 1.68 bits per heavy atom. The van der Waals surface area contributed by atoms with Crippen LogP contribution >= 0.6 is 0 Å². The molecule has 0 fully saturated rings. The Kier molecular flexibility index (Phi) is 6.23. The highest BCUT2D eigenvalue weighted by Gasteiger charge is 2.15. The molecule has 146 valence electrons. The largest absolute Gasteiger partial charge is 0.483 e. The van der Waals surface area contributed by atoms with Gasteiger partial charge in [0.15, 0.2) is 6.61 Å². The molecule has 0 unspecified atom stereocenters. The minimum Gasteiger partial charge on any atom is -0.483 e. The van der Waals surface area contributed by atoms with Crippen LogP contribution in [0.25, 0.3) is 10.8 Å². The fourth-order valence-electron chi connectivity index (χ4n) is 3.11.